The number of ether oxygens (including phenoxy) is 2. The fourth-order valence-electron chi connectivity index (χ4n) is 4.96. The molecule has 0 unspecified atom stereocenters. The lowest BCUT2D eigenvalue weighted by atomic mass is 10.1. The highest BCUT2D eigenvalue weighted by Crippen LogP contribution is 2.28. The molecule has 196 valence electrons. The molecule has 0 N–H and O–H groups in total. The molecule has 0 radical (unpaired) electrons. The first-order valence-corrected chi connectivity index (χ1v) is 15.0. The van der Waals surface area contributed by atoms with Gasteiger partial charge in [-0.15, -0.1) is 11.3 Å². The molecule has 0 amide bonds. The molecule has 38 heavy (non-hydrogen) atoms. The lowest BCUT2D eigenvalue weighted by Gasteiger charge is -2.25. The Hall–Kier alpha value is -3.24. The van der Waals surface area contributed by atoms with Crippen LogP contribution in [-0.4, -0.2) is 55.0 Å². The summed E-state index contributed by atoms with van der Waals surface area (Å²) in [5.74, 6) is 0.623. The van der Waals surface area contributed by atoms with Crippen LogP contribution in [0.3, 0.4) is 0 Å². The van der Waals surface area contributed by atoms with Crippen LogP contribution in [0.2, 0.25) is 0 Å². The molecule has 0 aliphatic carbocycles. The smallest absolute Gasteiger partial charge is 0.243 e. The molecule has 1 atom stereocenters. The number of aromatic nitrogens is 2. The van der Waals surface area contributed by atoms with Crippen molar-refractivity contribution >= 4 is 37.1 Å². The van der Waals surface area contributed by atoms with Gasteiger partial charge in [-0.3, -0.25) is 4.40 Å². The maximum atomic E-state index is 13.7. The van der Waals surface area contributed by atoms with Crippen LogP contribution in [0.4, 0.5) is 0 Å². The lowest BCUT2D eigenvalue weighted by molar-refractivity contribution is 0.0939. The maximum Gasteiger partial charge on any atom is 0.243 e. The van der Waals surface area contributed by atoms with Crippen LogP contribution in [0.15, 0.2) is 83.2 Å². The van der Waals surface area contributed by atoms with Crippen molar-refractivity contribution in [1.82, 2.24) is 13.7 Å². The number of hydrogen-bond acceptors (Lipinski definition) is 6. The molecule has 7 nitrogen and oxygen atoms in total. The molecule has 5 aromatic rings. The molecule has 1 aliphatic heterocycles. The van der Waals surface area contributed by atoms with Crippen molar-refractivity contribution < 1.29 is 17.9 Å². The Balaban J connectivity index is 1.26. The van der Waals surface area contributed by atoms with E-state index in [-0.39, 0.29) is 11.0 Å². The van der Waals surface area contributed by atoms with Gasteiger partial charge in [0.25, 0.3) is 0 Å². The summed E-state index contributed by atoms with van der Waals surface area (Å²) in [5.41, 5.74) is 3.00. The van der Waals surface area contributed by atoms with E-state index in [1.807, 2.05) is 18.3 Å². The molecule has 1 aliphatic rings. The number of imidazole rings is 1. The zero-order chi connectivity index (χ0) is 26.1. The van der Waals surface area contributed by atoms with Gasteiger partial charge in [-0.25, -0.2) is 13.4 Å². The molecule has 0 bridgehead atoms. The largest absolute Gasteiger partial charge is 0.497 e. The minimum atomic E-state index is -3.70. The molecule has 9 heteroatoms. The fourth-order valence-corrected chi connectivity index (χ4v) is 7.34. The van der Waals surface area contributed by atoms with Crippen molar-refractivity contribution in [1.29, 1.82) is 0 Å². The van der Waals surface area contributed by atoms with E-state index < -0.39 is 10.0 Å². The Kier molecular flexibility index (Phi) is 6.92. The number of fused-ring (bicyclic) bond motifs is 2. The van der Waals surface area contributed by atoms with Gasteiger partial charge >= 0.3 is 0 Å². The fraction of sp³-hybridized carbons (Fsp3) is 0.276. The first-order chi connectivity index (χ1) is 18.5. The summed E-state index contributed by atoms with van der Waals surface area (Å²) in [5, 5.41) is 4.44. The topological polar surface area (TPSA) is 73.1 Å². The van der Waals surface area contributed by atoms with E-state index in [2.05, 4.69) is 40.1 Å². The first kappa shape index (κ1) is 25.1. The Morgan fingerprint density at radius 3 is 2.68 bits per heavy atom. The van der Waals surface area contributed by atoms with Crippen molar-refractivity contribution in [3.8, 4) is 17.0 Å². The zero-order valence-electron chi connectivity index (χ0n) is 21.1. The quantitative estimate of drug-likeness (QED) is 0.239. The monoisotopic (exact) mass is 547 g/mol. The molecule has 1 fully saturated rings. The predicted molar refractivity (Wildman–Crippen MR) is 150 cm³/mol. The predicted octanol–water partition coefficient (Wildman–Crippen LogP) is 5.64. The van der Waals surface area contributed by atoms with Crippen LogP contribution in [0.25, 0.3) is 27.0 Å². The molecular weight excluding hydrogens is 518 g/mol. The number of sulfonamides is 1. The Morgan fingerprint density at radius 1 is 1.11 bits per heavy atom. The molecule has 3 heterocycles. The number of rotatable bonds is 9. The van der Waals surface area contributed by atoms with Crippen LogP contribution in [0.5, 0.6) is 5.75 Å². The molecule has 0 saturated carbocycles. The highest BCUT2D eigenvalue weighted by Gasteiger charge is 2.29. The van der Waals surface area contributed by atoms with Crippen molar-refractivity contribution in [2.24, 2.45) is 0 Å². The third kappa shape index (κ3) is 4.94. The number of hydrogen-bond donors (Lipinski definition) is 0. The highest BCUT2D eigenvalue weighted by atomic mass is 32.2. The summed E-state index contributed by atoms with van der Waals surface area (Å²) in [6.07, 6.45) is 4.36. The van der Waals surface area contributed by atoms with Gasteiger partial charge in [0, 0.05) is 49.0 Å². The summed E-state index contributed by atoms with van der Waals surface area (Å²) < 4.78 is 42.0. The number of methoxy groups -OCH3 is 1. The van der Waals surface area contributed by atoms with Crippen molar-refractivity contribution in [2.45, 2.75) is 30.3 Å². The van der Waals surface area contributed by atoms with E-state index in [0.29, 0.717) is 31.9 Å². The molecule has 6 rings (SSSR count). The van der Waals surface area contributed by atoms with E-state index in [0.717, 1.165) is 34.8 Å². The molecule has 3 aromatic carbocycles. The van der Waals surface area contributed by atoms with Gasteiger partial charge in [-0.05, 0) is 53.9 Å². The Morgan fingerprint density at radius 2 is 1.92 bits per heavy atom. The standard InChI is InChI=1S/C29H29N3O4S2/c1-35-25-10-12-27(13-11-25)38(33,34)31(18-26-7-4-16-36-26)15-14-24-20-37-29-30-28(19-32(24)29)23-9-8-21-5-2-3-6-22(21)17-23/h2-3,5-6,8-13,17,19-20,26H,4,7,14-16,18H2,1H3/t26-/m0/s1. The van der Waals surface area contributed by atoms with E-state index in [4.69, 9.17) is 14.5 Å². The van der Waals surface area contributed by atoms with E-state index in [9.17, 15) is 8.42 Å². The molecular formula is C29H29N3O4S2. The highest BCUT2D eigenvalue weighted by molar-refractivity contribution is 7.89. The second-order valence-electron chi connectivity index (χ2n) is 9.49. The number of benzene rings is 3. The summed E-state index contributed by atoms with van der Waals surface area (Å²) >= 11 is 1.57. The molecule has 2 aromatic heterocycles. The van der Waals surface area contributed by atoms with Crippen LogP contribution in [-0.2, 0) is 21.2 Å². The first-order valence-electron chi connectivity index (χ1n) is 12.7. The minimum absolute atomic E-state index is 0.0849. The van der Waals surface area contributed by atoms with Gasteiger partial charge in [-0.2, -0.15) is 4.31 Å². The van der Waals surface area contributed by atoms with Gasteiger partial charge in [0.1, 0.15) is 5.75 Å². The van der Waals surface area contributed by atoms with Gasteiger partial charge < -0.3 is 9.47 Å². The van der Waals surface area contributed by atoms with Crippen LogP contribution < -0.4 is 4.74 Å². The summed E-state index contributed by atoms with van der Waals surface area (Å²) in [6.45, 7) is 1.37. The summed E-state index contributed by atoms with van der Waals surface area (Å²) in [7, 11) is -2.14. The van der Waals surface area contributed by atoms with Crippen molar-refractivity contribution in [2.75, 3.05) is 26.8 Å². The zero-order valence-corrected chi connectivity index (χ0v) is 22.7. The van der Waals surface area contributed by atoms with Crippen molar-refractivity contribution in [3.63, 3.8) is 0 Å². The van der Waals surface area contributed by atoms with Crippen LogP contribution >= 0.6 is 11.3 Å². The number of nitrogens with zero attached hydrogens (tertiary/aromatic N) is 3. The summed E-state index contributed by atoms with van der Waals surface area (Å²) in [4.78, 5) is 6.00. The molecule has 0 spiro atoms. The van der Waals surface area contributed by atoms with Gasteiger partial charge in [0.05, 0.1) is 23.8 Å². The Labute approximate surface area is 226 Å². The van der Waals surface area contributed by atoms with Gasteiger partial charge in [0.15, 0.2) is 4.96 Å². The summed E-state index contributed by atoms with van der Waals surface area (Å²) in [6, 6.07) is 21.2. The average Bonchev–Trinajstić information content (AvgIpc) is 3.69. The second kappa shape index (κ2) is 10.5. The van der Waals surface area contributed by atoms with Gasteiger partial charge in [-0.1, -0.05) is 36.4 Å². The Bertz CT molecular complexity index is 1670. The number of thiazole rings is 1. The van der Waals surface area contributed by atoms with Gasteiger partial charge in [0.2, 0.25) is 10.0 Å². The lowest BCUT2D eigenvalue weighted by Crippen LogP contribution is -2.38. The van der Waals surface area contributed by atoms with Crippen LogP contribution in [0, 0.1) is 0 Å². The normalized spacial score (nSPS) is 16.1. The SMILES string of the molecule is COc1ccc(S(=O)(=O)N(CCc2csc3nc(-c4ccc5ccccc5c4)cn23)C[C@@H]2CCCO2)cc1. The second-order valence-corrected chi connectivity index (χ2v) is 12.3. The molecule has 1 saturated heterocycles. The third-order valence-electron chi connectivity index (χ3n) is 7.07. The minimum Gasteiger partial charge on any atom is -0.497 e. The maximum absolute atomic E-state index is 13.7. The van der Waals surface area contributed by atoms with Crippen molar-refractivity contribution in [3.05, 3.63) is 84.0 Å². The van der Waals surface area contributed by atoms with E-state index >= 15 is 0 Å². The van der Waals surface area contributed by atoms with E-state index in [1.165, 1.54) is 10.8 Å². The van der Waals surface area contributed by atoms with Crippen LogP contribution in [0.1, 0.15) is 18.5 Å². The average molecular weight is 548 g/mol. The third-order valence-corrected chi connectivity index (χ3v) is 9.84. The van der Waals surface area contributed by atoms with E-state index in [1.54, 1.807) is 47.0 Å².